The van der Waals surface area contributed by atoms with Crippen LogP contribution in [-0.4, -0.2) is 74.1 Å². The monoisotopic (exact) mass is 232 g/mol. The van der Waals surface area contributed by atoms with E-state index in [4.69, 9.17) is 0 Å². The van der Waals surface area contributed by atoms with E-state index in [9.17, 15) is 9.59 Å². The summed E-state index contributed by atoms with van der Waals surface area (Å²) in [5, 5.41) is 6.50. The van der Waals surface area contributed by atoms with Crippen molar-refractivity contribution < 1.29 is 9.59 Å². The third-order valence-corrected chi connectivity index (χ3v) is 2.11. The van der Waals surface area contributed by atoms with Gasteiger partial charge in [-0.15, -0.1) is 0 Å². The average molecular weight is 232 g/mol. The molecule has 0 saturated carbocycles. The Balaban J connectivity index is 0. The molecule has 6 nitrogen and oxygen atoms in total. The summed E-state index contributed by atoms with van der Waals surface area (Å²) in [6.45, 7) is 3.06. The fourth-order valence-corrected chi connectivity index (χ4v) is 0.563. The lowest BCUT2D eigenvalue weighted by molar-refractivity contribution is -0.139. The van der Waals surface area contributed by atoms with E-state index in [-0.39, 0.29) is 11.8 Å². The predicted molar refractivity (Wildman–Crippen MR) is 64.3 cm³/mol. The maximum atomic E-state index is 10.5. The molecule has 96 valence electrons. The summed E-state index contributed by atoms with van der Waals surface area (Å²) >= 11 is 0. The SMILES string of the molecule is CC(=O)N(C)N(C)C.CC(=O)N(C)N(C)C. The molecule has 2 amide bonds. The van der Waals surface area contributed by atoms with Crippen molar-refractivity contribution >= 4 is 11.8 Å². The summed E-state index contributed by atoms with van der Waals surface area (Å²) in [4.78, 5) is 20.9. The molecule has 0 aliphatic heterocycles. The number of hydrazine groups is 2. The van der Waals surface area contributed by atoms with Crippen molar-refractivity contribution in [2.24, 2.45) is 0 Å². The van der Waals surface area contributed by atoms with Crippen LogP contribution in [0.25, 0.3) is 0 Å². The van der Waals surface area contributed by atoms with Gasteiger partial charge >= 0.3 is 0 Å². The van der Waals surface area contributed by atoms with E-state index in [0.29, 0.717) is 0 Å². The smallest absolute Gasteiger partial charge is 0.233 e. The van der Waals surface area contributed by atoms with Gasteiger partial charge < -0.3 is 0 Å². The first-order valence-electron chi connectivity index (χ1n) is 4.94. The van der Waals surface area contributed by atoms with Crippen LogP contribution in [0.15, 0.2) is 0 Å². The molecule has 6 heteroatoms. The molecule has 0 fully saturated rings. The molecular formula is C10H24N4O2. The Morgan fingerprint density at radius 2 is 0.812 bits per heavy atom. The second-order valence-electron chi connectivity index (χ2n) is 3.78. The zero-order chi connectivity index (χ0) is 13.5. The maximum absolute atomic E-state index is 10.5. The molecule has 0 bridgehead atoms. The predicted octanol–water partition coefficient (Wildman–Crippen LogP) is -0.117. The van der Waals surface area contributed by atoms with E-state index in [2.05, 4.69) is 0 Å². The van der Waals surface area contributed by atoms with Gasteiger partial charge in [0.2, 0.25) is 11.8 Å². The highest BCUT2D eigenvalue weighted by Crippen LogP contribution is 1.84. The summed E-state index contributed by atoms with van der Waals surface area (Å²) < 4.78 is 0. The van der Waals surface area contributed by atoms with Gasteiger partial charge in [0.25, 0.3) is 0 Å². The molecule has 0 heterocycles. The Bertz CT molecular complexity index is 205. The molecule has 16 heavy (non-hydrogen) atoms. The van der Waals surface area contributed by atoms with Crippen molar-refractivity contribution in [2.75, 3.05) is 42.3 Å². The number of amides is 2. The Morgan fingerprint density at radius 1 is 0.625 bits per heavy atom. The number of hydrogen-bond donors (Lipinski definition) is 0. The fraction of sp³-hybridized carbons (Fsp3) is 0.800. The molecule has 0 aliphatic carbocycles. The summed E-state index contributed by atoms with van der Waals surface area (Å²) in [5.41, 5.74) is 0. The Hall–Kier alpha value is -1.14. The second-order valence-corrected chi connectivity index (χ2v) is 3.78. The van der Waals surface area contributed by atoms with Crippen LogP contribution in [0.2, 0.25) is 0 Å². The number of hydrogen-bond acceptors (Lipinski definition) is 4. The van der Waals surface area contributed by atoms with Gasteiger partial charge in [0.15, 0.2) is 0 Å². The van der Waals surface area contributed by atoms with E-state index in [1.807, 2.05) is 28.2 Å². The van der Waals surface area contributed by atoms with Gasteiger partial charge in [-0.25, -0.2) is 10.0 Å². The Morgan fingerprint density at radius 3 is 0.812 bits per heavy atom. The molecular weight excluding hydrogens is 208 g/mol. The van der Waals surface area contributed by atoms with Crippen molar-refractivity contribution in [3.63, 3.8) is 0 Å². The van der Waals surface area contributed by atoms with Crippen LogP contribution in [0.5, 0.6) is 0 Å². The first-order valence-corrected chi connectivity index (χ1v) is 4.94. The highest BCUT2D eigenvalue weighted by atomic mass is 16.2. The van der Waals surface area contributed by atoms with Gasteiger partial charge in [-0.1, -0.05) is 0 Å². The van der Waals surface area contributed by atoms with Crippen LogP contribution < -0.4 is 0 Å². The number of carbonyl (C=O) groups is 2. The standard InChI is InChI=1S/2C5H12N2O/c2*1-5(8)7(4)6(2)3/h2*1-4H3. The van der Waals surface area contributed by atoms with Gasteiger partial charge in [0.1, 0.15) is 0 Å². The van der Waals surface area contributed by atoms with Gasteiger partial charge in [-0.05, 0) is 0 Å². The molecule has 0 aromatic carbocycles. The Labute approximate surface area is 98.3 Å². The quantitative estimate of drug-likeness (QED) is 0.623. The van der Waals surface area contributed by atoms with Crippen molar-refractivity contribution in [3.8, 4) is 0 Å². The third kappa shape index (κ3) is 8.19. The average Bonchev–Trinajstić information content (AvgIpc) is 2.15. The third-order valence-electron chi connectivity index (χ3n) is 2.11. The van der Waals surface area contributed by atoms with Crippen LogP contribution in [0, 0.1) is 0 Å². The van der Waals surface area contributed by atoms with Gasteiger partial charge in [0.05, 0.1) is 0 Å². The Kier molecular flexibility index (Phi) is 8.70. The minimum Gasteiger partial charge on any atom is -0.279 e. The lowest BCUT2D eigenvalue weighted by Gasteiger charge is -2.21. The molecule has 0 spiro atoms. The highest BCUT2D eigenvalue weighted by Gasteiger charge is 2.01. The molecule has 0 aliphatic rings. The molecule has 0 rings (SSSR count). The molecule has 0 unspecified atom stereocenters. The van der Waals surface area contributed by atoms with Crippen LogP contribution in [0.1, 0.15) is 13.8 Å². The first-order chi connectivity index (χ1) is 7.11. The molecule has 0 atom stereocenters. The first kappa shape index (κ1) is 17.3. The van der Waals surface area contributed by atoms with Gasteiger partial charge in [-0.3, -0.25) is 19.6 Å². The summed E-state index contributed by atoms with van der Waals surface area (Å²) in [5.74, 6) is 0.102. The minimum atomic E-state index is 0.0509. The van der Waals surface area contributed by atoms with Crippen molar-refractivity contribution in [2.45, 2.75) is 13.8 Å². The number of carbonyl (C=O) groups excluding carboxylic acids is 2. The molecule has 0 saturated heterocycles. The van der Waals surface area contributed by atoms with Crippen LogP contribution in [-0.2, 0) is 9.59 Å². The van der Waals surface area contributed by atoms with E-state index in [0.717, 1.165) is 0 Å². The highest BCUT2D eigenvalue weighted by molar-refractivity contribution is 5.72. The molecule has 0 radical (unpaired) electrons. The van der Waals surface area contributed by atoms with Crippen LogP contribution >= 0.6 is 0 Å². The summed E-state index contributed by atoms with van der Waals surface area (Å²) in [6, 6.07) is 0. The number of nitrogens with zero attached hydrogens (tertiary/aromatic N) is 4. The zero-order valence-electron chi connectivity index (χ0n) is 11.6. The fourth-order valence-electron chi connectivity index (χ4n) is 0.563. The van der Waals surface area contributed by atoms with Crippen LogP contribution in [0.3, 0.4) is 0 Å². The van der Waals surface area contributed by atoms with Gasteiger partial charge in [-0.2, -0.15) is 0 Å². The summed E-state index contributed by atoms with van der Waals surface area (Å²) in [7, 11) is 10.7. The minimum absolute atomic E-state index is 0.0509. The lowest BCUT2D eigenvalue weighted by atomic mass is 10.7. The second kappa shape index (κ2) is 8.06. The lowest BCUT2D eigenvalue weighted by Crippen LogP contribution is -2.36. The summed E-state index contributed by atoms with van der Waals surface area (Å²) in [6.07, 6.45) is 0. The van der Waals surface area contributed by atoms with E-state index in [1.54, 1.807) is 24.1 Å². The van der Waals surface area contributed by atoms with E-state index in [1.165, 1.54) is 23.9 Å². The molecule has 0 N–H and O–H groups in total. The normalized spacial score (nSPS) is 9.62. The van der Waals surface area contributed by atoms with Crippen molar-refractivity contribution in [1.82, 2.24) is 20.0 Å². The van der Waals surface area contributed by atoms with E-state index < -0.39 is 0 Å². The van der Waals surface area contributed by atoms with E-state index >= 15 is 0 Å². The zero-order valence-corrected chi connectivity index (χ0v) is 11.6. The molecule has 0 aromatic rings. The molecule has 0 aromatic heterocycles. The topological polar surface area (TPSA) is 47.1 Å². The van der Waals surface area contributed by atoms with Crippen LogP contribution in [0.4, 0.5) is 0 Å². The van der Waals surface area contributed by atoms with Crippen molar-refractivity contribution in [1.29, 1.82) is 0 Å². The number of rotatable bonds is 2. The maximum Gasteiger partial charge on any atom is 0.233 e. The van der Waals surface area contributed by atoms with Gasteiger partial charge in [0, 0.05) is 56.1 Å². The van der Waals surface area contributed by atoms with Crippen molar-refractivity contribution in [3.05, 3.63) is 0 Å². The largest absolute Gasteiger partial charge is 0.279 e.